The lowest BCUT2D eigenvalue weighted by molar-refractivity contribution is -0.192. The Morgan fingerprint density at radius 2 is 1.64 bits per heavy atom. The Balaban J connectivity index is 0.000000517. The van der Waals surface area contributed by atoms with Crippen LogP contribution in [0.5, 0.6) is 11.5 Å². The van der Waals surface area contributed by atoms with Crippen molar-refractivity contribution in [1.29, 1.82) is 0 Å². The number of halogens is 6. The highest BCUT2D eigenvalue weighted by Gasteiger charge is 2.47. The average Bonchev–Trinajstić information content (AvgIpc) is 3.49. The van der Waals surface area contributed by atoms with Gasteiger partial charge in [-0.15, -0.1) is 0 Å². The fourth-order valence-corrected chi connectivity index (χ4v) is 5.60. The van der Waals surface area contributed by atoms with E-state index in [2.05, 4.69) is 10.6 Å². The number of ether oxygens (including phenoxy) is 2. The molecule has 0 radical (unpaired) electrons. The van der Waals surface area contributed by atoms with Crippen LogP contribution in [0.25, 0.3) is 0 Å². The number of carboxylic acids is 1. The quantitative estimate of drug-likeness (QED) is 0.397. The van der Waals surface area contributed by atoms with Gasteiger partial charge < -0.3 is 25.2 Å². The summed E-state index contributed by atoms with van der Waals surface area (Å²) >= 11 is 11.6. The number of amides is 2. The topological polar surface area (TPSA) is 131 Å². The van der Waals surface area contributed by atoms with Crippen LogP contribution >= 0.6 is 23.2 Å². The highest BCUT2D eigenvalue weighted by molar-refractivity contribution is 6.31. The molecule has 2 fully saturated rings. The first kappa shape index (κ1) is 31.4. The summed E-state index contributed by atoms with van der Waals surface area (Å²) in [7, 11) is 0. The number of aliphatic carboxylic acids is 1. The molecule has 226 valence electrons. The van der Waals surface area contributed by atoms with E-state index in [0.717, 1.165) is 25.3 Å². The Hall–Kier alpha value is -3.58. The summed E-state index contributed by atoms with van der Waals surface area (Å²) in [5.74, 6) is -3.07. The van der Waals surface area contributed by atoms with Crippen LogP contribution in [-0.4, -0.2) is 59.6 Å². The van der Waals surface area contributed by atoms with E-state index in [9.17, 15) is 31.9 Å². The van der Waals surface area contributed by atoms with Crippen molar-refractivity contribution < 1.29 is 51.3 Å². The predicted octanol–water partition coefficient (Wildman–Crippen LogP) is 4.58. The number of carbonyl (C=O) groups is 4. The zero-order valence-electron chi connectivity index (χ0n) is 21.6. The molecule has 4 unspecified atom stereocenters. The summed E-state index contributed by atoms with van der Waals surface area (Å²) in [4.78, 5) is 46.5. The lowest BCUT2D eigenvalue weighted by Crippen LogP contribution is -2.50. The van der Waals surface area contributed by atoms with Crippen LogP contribution in [0.4, 0.5) is 17.6 Å². The number of rotatable bonds is 6. The lowest BCUT2D eigenvalue weighted by atomic mass is 9.90. The first-order valence-corrected chi connectivity index (χ1v) is 13.4. The van der Waals surface area contributed by atoms with Gasteiger partial charge in [0.05, 0.1) is 17.0 Å². The van der Waals surface area contributed by atoms with Gasteiger partial charge in [-0.2, -0.15) is 13.2 Å². The molecular formula is C27H24Cl2F4N2O7. The predicted molar refractivity (Wildman–Crippen MR) is 140 cm³/mol. The molecule has 2 amide bonds. The molecule has 15 heteroatoms. The van der Waals surface area contributed by atoms with Crippen LogP contribution in [0, 0.1) is 17.7 Å². The number of alkyl halides is 3. The second-order valence-electron chi connectivity index (χ2n) is 10.1. The van der Waals surface area contributed by atoms with E-state index >= 15 is 0 Å². The minimum atomic E-state index is -5.08. The first-order valence-electron chi connectivity index (χ1n) is 12.7. The third-order valence-corrected chi connectivity index (χ3v) is 7.75. The van der Waals surface area contributed by atoms with Crippen LogP contribution in [0.1, 0.15) is 36.0 Å². The van der Waals surface area contributed by atoms with Gasteiger partial charge in [-0.3, -0.25) is 14.4 Å². The van der Waals surface area contributed by atoms with Crippen molar-refractivity contribution in [3.05, 3.63) is 57.8 Å². The van der Waals surface area contributed by atoms with E-state index in [1.54, 1.807) is 18.2 Å². The zero-order valence-corrected chi connectivity index (χ0v) is 23.1. The molecule has 5 rings (SSSR count). The van der Waals surface area contributed by atoms with Crippen molar-refractivity contribution in [1.82, 2.24) is 10.6 Å². The van der Waals surface area contributed by atoms with Crippen LogP contribution in [0.15, 0.2) is 36.4 Å². The molecule has 2 saturated carbocycles. The Morgan fingerprint density at radius 3 is 2.24 bits per heavy atom. The van der Waals surface area contributed by atoms with Crippen molar-refractivity contribution in [2.45, 2.75) is 50.0 Å². The lowest BCUT2D eigenvalue weighted by Gasteiger charge is -2.31. The molecule has 5 atom stereocenters. The van der Waals surface area contributed by atoms with Crippen LogP contribution in [0.2, 0.25) is 10.0 Å². The van der Waals surface area contributed by atoms with Gasteiger partial charge in [0, 0.05) is 23.2 Å². The molecule has 3 N–H and O–H groups in total. The van der Waals surface area contributed by atoms with E-state index < -0.39 is 24.1 Å². The number of nitrogens with one attached hydrogen (secondary N) is 2. The fraction of sp³-hybridized carbons (Fsp3) is 0.407. The number of ketones is 1. The van der Waals surface area contributed by atoms with Crippen LogP contribution in [-0.2, 0) is 14.4 Å². The Morgan fingerprint density at radius 1 is 1.00 bits per heavy atom. The number of carbonyl (C=O) groups excluding carboxylic acids is 3. The van der Waals surface area contributed by atoms with Gasteiger partial charge in [-0.25, -0.2) is 9.18 Å². The summed E-state index contributed by atoms with van der Waals surface area (Å²) in [6.07, 6.45) is -3.62. The second-order valence-corrected chi connectivity index (χ2v) is 10.9. The summed E-state index contributed by atoms with van der Waals surface area (Å²) in [6.45, 7) is -0.227. The van der Waals surface area contributed by atoms with Crippen LogP contribution in [0.3, 0.4) is 0 Å². The Labute approximate surface area is 246 Å². The van der Waals surface area contributed by atoms with Gasteiger partial charge in [-0.1, -0.05) is 23.2 Å². The molecule has 2 aromatic carbocycles. The summed E-state index contributed by atoms with van der Waals surface area (Å²) in [5, 5.41) is 13.6. The molecule has 2 aliphatic carbocycles. The maximum absolute atomic E-state index is 13.5. The zero-order chi connectivity index (χ0) is 30.8. The van der Waals surface area contributed by atoms with Gasteiger partial charge in [-0.05, 0) is 61.4 Å². The number of carboxylic acid groups (broad SMARTS) is 1. The van der Waals surface area contributed by atoms with Crippen LogP contribution < -0.4 is 20.1 Å². The molecule has 2 aromatic rings. The minimum Gasteiger partial charge on any atom is -0.484 e. The standard InChI is InChI=1S/C25H23Cl2FN2O5.C2HF3O2/c26-14-1-4-22-16(8-14)21(31)10-23(35-22)25(33)30-20-7-12-5-13(20)6-19(12)29-24(32)11-34-15-2-3-17(27)18(28)9-15;3-2(4,5)1(6)7/h1-4,8-9,12-13,19-20,23H,5-7,10-11H2,(H,29,32)(H,30,33);(H,6,7)/t12?,13?,19?,20?,23-;/m1./s1. The average molecular weight is 635 g/mol. The van der Waals surface area contributed by atoms with Gasteiger partial charge in [0.1, 0.15) is 17.3 Å². The smallest absolute Gasteiger partial charge is 0.484 e. The van der Waals surface area contributed by atoms with Gasteiger partial charge in [0.15, 0.2) is 18.5 Å². The molecule has 1 aliphatic heterocycles. The number of benzene rings is 2. The van der Waals surface area contributed by atoms with Crippen molar-refractivity contribution in [3.8, 4) is 11.5 Å². The molecule has 0 aromatic heterocycles. The summed E-state index contributed by atoms with van der Waals surface area (Å²) in [6, 6.07) is 8.76. The van der Waals surface area contributed by atoms with E-state index in [1.165, 1.54) is 12.1 Å². The van der Waals surface area contributed by atoms with E-state index in [4.69, 9.17) is 42.6 Å². The maximum Gasteiger partial charge on any atom is 0.490 e. The second kappa shape index (κ2) is 12.7. The van der Waals surface area contributed by atoms with E-state index in [1.807, 2.05) is 0 Å². The van der Waals surface area contributed by atoms with Crippen molar-refractivity contribution in [3.63, 3.8) is 0 Å². The molecular weight excluding hydrogens is 611 g/mol. The molecule has 42 heavy (non-hydrogen) atoms. The summed E-state index contributed by atoms with van der Waals surface area (Å²) in [5.41, 5.74) is 0.394. The van der Waals surface area contributed by atoms with Gasteiger partial charge >= 0.3 is 12.1 Å². The van der Waals surface area contributed by atoms with Gasteiger partial charge in [0.2, 0.25) is 0 Å². The van der Waals surface area contributed by atoms with E-state index in [-0.39, 0.29) is 65.3 Å². The molecule has 3 aliphatic rings. The number of hydrogen-bond donors (Lipinski definition) is 3. The molecule has 0 spiro atoms. The third-order valence-electron chi connectivity index (χ3n) is 7.21. The Kier molecular flexibility index (Phi) is 9.51. The third kappa shape index (κ3) is 7.62. The summed E-state index contributed by atoms with van der Waals surface area (Å²) < 4.78 is 56.4. The van der Waals surface area contributed by atoms with Crippen molar-refractivity contribution in [2.75, 3.05) is 6.61 Å². The van der Waals surface area contributed by atoms with Crippen molar-refractivity contribution in [2.24, 2.45) is 11.8 Å². The fourth-order valence-electron chi connectivity index (χ4n) is 5.31. The minimum absolute atomic E-state index is 0.00432. The molecule has 1 heterocycles. The monoisotopic (exact) mass is 634 g/mol. The van der Waals surface area contributed by atoms with Gasteiger partial charge in [0.25, 0.3) is 11.8 Å². The SMILES string of the molecule is O=C(COc1ccc(Cl)c(F)c1)NC1CC2CC1CC2NC(=O)[C@H]1CC(=O)c2cc(Cl)ccc2O1.O=C(O)C(F)(F)F. The number of Topliss-reactive ketones (excluding diaryl/α,β-unsaturated/α-hetero) is 1. The Bertz CT molecular complexity index is 1390. The molecule has 9 nitrogen and oxygen atoms in total. The normalized spacial score (nSPS) is 24.0. The molecule has 0 saturated heterocycles. The maximum atomic E-state index is 13.5. The largest absolute Gasteiger partial charge is 0.490 e. The number of fused-ring (bicyclic) bond motifs is 3. The highest BCUT2D eigenvalue weighted by Crippen LogP contribution is 2.45. The highest BCUT2D eigenvalue weighted by atomic mass is 35.5. The van der Waals surface area contributed by atoms with Crippen molar-refractivity contribution >= 4 is 46.8 Å². The molecule has 2 bridgehead atoms. The number of hydrogen-bond acceptors (Lipinski definition) is 6. The van der Waals surface area contributed by atoms with E-state index in [0.29, 0.717) is 16.3 Å². The first-order chi connectivity index (χ1) is 19.7.